The van der Waals surface area contributed by atoms with Gasteiger partial charge in [0.05, 0.1) is 4.88 Å². The summed E-state index contributed by atoms with van der Waals surface area (Å²) in [6, 6.07) is 1.03. The summed E-state index contributed by atoms with van der Waals surface area (Å²) in [6.07, 6.45) is 0.414. The molecule has 1 heterocycles. The molecule has 0 radical (unpaired) electrons. The molecule has 0 aromatic carbocycles. The highest BCUT2D eigenvalue weighted by atomic mass is 32.1. The van der Waals surface area contributed by atoms with Crippen molar-refractivity contribution in [3.63, 3.8) is 0 Å². The molecule has 0 unspecified atom stereocenters. The van der Waals surface area contributed by atoms with Crippen LogP contribution in [-0.4, -0.2) is 11.7 Å². The van der Waals surface area contributed by atoms with Crippen molar-refractivity contribution >= 4 is 11.3 Å². The van der Waals surface area contributed by atoms with Crippen LogP contribution in [-0.2, 0) is 0 Å². The number of halogens is 1. The Kier molecular flexibility index (Phi) is 2.99. The van der Waals surface area contributed by atoms with Crippen LogP contribution in [0.2, 0.25) is 0 Å². The van der Waals surface area contributed by atoms with Gasteiger partial charge in [0.15, 0.2) is 0 Å². The minimum Gasteiger partial charge on any atom is -0.396 e. The lowest BCUT2D eigenvalue weighted by molar-refractivity contribution is 0.276. The van der Waals surface area contributed by atoms with Crippen molar-refractivity contribution in [1.29, 1.82) is 0 Å². The molecule has 1 aromatic rings. The first-order chi connectivity index (χ1) is 5.25. The second-order valence-electron chi connectivity index (χ2n) is 2.25. The zero-order valence-corrected chi connectivity index (χ0v) is 6.77. The Hall–Kier alpha value is -0.450. The van der Waals surface area contributed by atoms with Crippen molar-refractivity contribution in [2.45, 2.75) is 12.5 Å². The van der Waals surface area contributed by atoms with E-state index in [0.717, 1.165) is 0 Å². The summed E-state index contributed by atoms with van der Waals surface area (Å²) >= 11 is 1.29. The molecular formula is C7H10FNOS. The fraction of sp³-hybridized carbons (Fsp3) is 0.429. The number of aliphatic hydroxyl groups is 1. The molecule has 62 valence electrons. The molecule has 0 bridgehead atoms. The van der Waals surface area contributed by atoms with Gasteiger partial charge >= 0.3 is 0 Å². The van der Waals surface area contributed by atoms with E-state index < -0.39 is 0 Å². The quantitative estimate of drug-likeness (QED) is 0.726. The van der Waals surface area contributed by atoms with Gasteiger partial charge in [-0.1, -0.05) is 0 Å². The van der Waals surface area contributed by atoms with Crippen molar-refractivity contribution < 1.29 is 9.50 Å². The number of hydrogen-bond donors (Lipinski definition) is 2. The van der Waals surface area contributed by atoms with E-state index in [-0.39, 0.29) is 18.5 Å². The molecule has 1 atom stereocenters. The molecule has 11 heavy (non-hydrogen) atoms. The van der Waals surface area contributed by atoms with Gasteiger partial charge in [-0.25, -0.2) is 4.39 Å². The molecule has 0 saturated carbocycles. The third kappa shape index (κ3) is 1.99. The first-order valence-corrected chi connectivity index (χ1v) is 4.23. The molecule has 4 heteroatoms. The third-order valence-corrected chi connectivity index (χ3v) is 2.45. The van der Waals surface area contributed by atoms with E-state index in [4.69, 9.17) is 10.8 Å². The van der Waals surface area contributed by atoms with Crippen LogP contribution < -0.4 is 5.73 Å². The summed E-state index contributed by atoms with van der Waals surface area (Å²) in [5, 5.41) is 10.2. The van der Waals surface area contributed by atoms with Crippen LogP contribution in [0.4, 0.5) is 4.39 Å². The maximum atomic E-state index is 12.8. The molecule has 1 rings (SSSR count). The minimum atomic E-state index is -0.361. The molecule has 3 N–H and O–H groups in total. The predicted molar refractivity (Wildman–Crippen MR) is 42.9 cm³/mol. The maximum absolute atomic E-state index is 12.8. The number of thiophene rings is 1. The molecule has 0 aliphatic rings. The van der Waals surface area contributed by atoms with Gasteiger partial charge in [0.25, 0.3) is 0 Å². The Balaban J connectivity index is 2.67. The molecular weight excluding hydrogens is 165 g/mol. The normalized spacial score (nSPS) is 13.4. The summed E-state index contributed by atoms with van der Waals surface area (Å²) < 4.78 is 12.8. The summed E-state index contributed by atoms with van der Waals surface area (Å²) in [6.45, 7) is -0.00148. The maximum Gasteiger partial charge on any atom is 0.138 e. The van der Waals surface area contributed by atoms with Crippen molar-refractivity contribution in [2.75, 3.05) is 6.61 Å². The second kappa shape index (κ2) is 3.80. The summed E-state index contributed by atoms with van der Waals surface area (Å²) in [7, 11) is 0. The van der Waals surface area contributed by atoms with Gasteiger partial charge in [0, 0.05) is 12.6 Å². The van der Waals surface area contributed by atoms with E-state index in [0.29, 0.717) is 11.3 Å². The molecule has 1 aromatic heterocycles. The van der Waals surface area contributed by atoms with Crippen LogP contribution in [0.15, 0.2) is 11.4 Å². The highest BCUT2D eigenvalue weighted by molar-refractivity contribution is 7.10. The fourth-order valence-electron chi connectivity index (χ4n) is 0.840. The largest absolute Gasteiger partial charge is 0.396 e. The van der Waals surface area contributed by atoms with E-state index >= 15 is 0 Å². The minimum absolute atomic E-state index is 0.00148. The molecule has 0 spiro atoms. The second-order valence-corrected chi connectivity index (χ2v) is 3.20. The van der Waals surface area contributed by atoms with Gasteiger partial charge < -0.3 is 10.8 Å². The zero-order valence-electron chi connectivity index (χ0n) is 5.96. The Labute approximate surface area is 68.5 Å². The van der Waals surface area contributed by atoms with Crippen molar-refractivity contribution in [3.05, 3.63) is 22.1 Å². The Morgan fingerprint density at radius 1 is 1.73 bits per heavy atom. The number of aliphatic hydroxyl groups excluding tert-OH is 1. The topological polar surface area (TPSA) is 46.2 Å². The molecule has 0 saturated heterocycles. The summed E-state index contributed by atoms with van der Waals surface area (Å²) in [4.78, 5) is 0.527. The predicted octanol–water partition coefficient (Wildman–Crippen LogP) is 1.27. The lowest BCUT2D eigenvalue weighted by atomic mass is 10.2. The Morgan fingerprint density at radius 3 is 2.91 bits per heavy atom. The van der Waals surface area contributed by atoms with Gasteiger partial charge in [0.2, 0.25) is 0 Å². The average molecular weight is 175 g/mol. The molecule has 0 aliphatic carbocycles. The SMILES string of the molecule is N[C@@H](CCO)c1sccc1F. The van der Waals surface area contributed by atoms with E-state index in [1.165, 1.54) is 17.4 Å². The van der Waals surface area contributed by atoms with Crippen molar-refractivity contribution in [2.24, 2.45) is 5.73 Å². The Morgan fingerprint density at radius 2 is 2.45 bits per heavy atom. The monoisotopic (exact) mass is 175 g/mol. The van der Waals surface area contributed by atoms with Gasteiger partial charge in [-0.3, -0.25) is 0 Å². The fourth-order valence-corrected chi connectivity index (χ4v) is 1.65. The van der Waals surface area contributed by atoms with E-state index in [9.17, 15) is 4.39 Å². The van der Waals surface area contributed by atoms with Gasteiger partial charge in [-0.2, -0.15) is 0 Å². The number of nitrogens with two attached hydrogens (primary N) is 1. The van der Waals surface area contributed by atoms with Crippen molar-refractivity contribution in [3.8, 4) is 0 Å². The highest BCUT2D eigenvalue weighted by Crippen LogP contribution is 2.22. The van der Waals surface area contributed by atoms with Crippen LogP contribution in [0.3, 0.4) is 0 Å². The zero-order chi connectivity index (χ0) is 8.27. The molecule has 0 amide bonds. The Bertz CT molecular complexity index is 226. The smallest absolute Gasteiger partial charge is 0.138 e. The molecule has 2 nitrogen and oxygen atoms in total. The van der Waals surface area contributed by atoms with Crippen LogP contribution in [0.25, 0.3) is 0 Å². The first-order valence-electron chi connectivity index (χ1n) is 3.35. The molecule has 0 fully saturated rings. The van der Waals surface area contributed by atoms with Crippen LogP contribution in [0.1, 0.15) is 17.3 Å². The van der Waals surface area contributed by atoms with Crippen LogP contribution in [0.5, 0.6) is 0 Å². The number of hydrogen-bond acceptors (Lipinski definition) is 3. The van der Waals surface area contributed by atoms with Gasteiger partial charge in [-0.15, -0.1) is 11.3 Å². The first kappa shape index (κ1) is 8.64. The van der Waals surface area contributed by atoms with Crippen molar-refractivity contribution in [1.82, 2.24) is 0 Å². The van der Waals surface area contributed by atoms with E-state index in [1.807, 2.05) is 0 Å². The van der Waals surface area contributed by atoms with E-state index in [1.54, 1.807) is 5.38 Å². The lowest BCUT2D eigenvalue weighted by Crippen LogP contribution is -2.11. The standard InChI is InChI=1S/C7H10FNOS/c8-5-2-4-11-7(5)6(9)1-3-10/h2,4,6,10H,1,3,9H2/t6-/m0/s1. The number of rotatable bonds is 3. The summed E-state index contributed by atoms with van der Waals surface area (Å²) in [5.41, 5.74) is 5.56. The van der Waals surface area contributed by atoms with E-state index in [2.05, 4.69) is 0 Å². The van der Waals surface area contributed by atoms with Gasteiger partial charge in [0.1, 0.15) is 5.82 Å². The molecule has 0 aliphatic heterocycles. The van der Waals surface area contributed by atoms with Crippen LogP contribution >= 0.6 is 11.3 Å². The lowest BCUT2D eigenvalue weighted by Gasteiger charge is -2.06. The van der Waals surface area contributed by atoms with Crippen LogP contribution in [0, 0.1) is 5.82 Å². The third-order valence-electron chi connectivity index (χ3n) is 1.42. The summed E-state index contributed by atoms with van der Waals surface area (Å²) in [5.74, 6) is -0.268. The van der Waals surface area contributed by atoms with Gasteiger partial charge in [-0.05, 0) is 17.9 Å². The average Bonchev–Trinajstić information content (AvgIpc) is 2.36. The highest BCUT2D eigenvalue weighted by Gasteiger charge is 2.11.